The molecule has 1 heterocycles. The lowest BCUT2D eigenvalue weighted by atomic mass is 10.2. The normalized spacial score (nSPS) is 21.1. The lowest BCUT2D eigenvalue weighted by Gasteiger charge is -2.07. The molecule has 1 amide bonds. The van der Waals surface area contributed by atoms with Gasteiger partial charge in [0.1, 0.15) is 10.5 Å². The van der Waals surface area contributed by atoms with Crippen molar-refractivity contribution in [2.75, 3.05) is 6.26 Å². The molecule has 0 aliphatic carbocycles. The SMILES string of the molecule is CS(=O)(=O)Oc1ccc(Br)cc1/C=C1\SC(S)NC1=O. The van der Waals surface area contributed by atoms with Crippen molar-refractivity contribution in [3.05, 3.63) is 33.1 Å². The molecular weight excluding hydrogens is 386 g/mol. The zero-order valence-electron chi connectivity index (χ0n) is 10.2. The van der Waals surface area contributed by atoms with Crippen molar-refractivity contribution in [1.29, 1.82) is 0 Å². The van der Waals surface area contributed by atoms with Crippen molar-refractivity contribution >= 4 is 62.4 Å². The van der Waals surface area contributed by atoms with E-state index >= 15 is 0 Å². The fraction of sp³-hybridized carbons (Fsp3) is 0.182. The van der Waals surface area contributed by atoms with Crippen LogP contribution < -0.4 is 9.50 Å². The second-order valence-electron chi connectivity index (χ2n) is 3.92. The summed E-state index contributed by atoms with van der Waals surface area (Å²) in [5.41, 5.74) is 0.491. The van der Waals surface area contributed by atoms with Crippen LogP contribution in [0.25, 0.3) is 6.08 Å². The predicted molar refractivity (Wildman–Crippen MR) is 86.1 cm³/mol. The Bertz CT molecular complexity index is 687. The third kappa shape index (κ3) is 4.18. The fourth-order valence-electron chi connectivity index (χ4n) is 1.50. The standard InChI is InChI=1S/C11H10BrNO4S3/c1-20(15,16)17-8-3-2-7(12)4-6(8)5-9-10(14)13-11(18)19-9/h2-5,11,18H,1H3,(H,13,14)/b9-5-. The summed E-state index contributed by atoms with van der Waals surface area (Å²) < 4.78 is 27.8. The number of thiol groups is 1. The van der Waals surface area contributed by atoms with Crippen molar-refractivity contribution in [3.63, 3.8) is 0 Å². The van der Waals surface area contributed by atoms with Gasteiger partial charge in [-0.1, -0.05) is 27.7 Å². The van der Waals surface area contributed by atoms with E-state index in [0.29, 0.717) is 10.5 Å². The Labute approximate surface area is 134 Å². The minimum Gasteiger partial charge on any atom is -0.382 e. The number of thioether (sulfide) groups is 1. The Hall–Kier alpha value is -0.640. The van der Waals surface area contributed by atoms with Crippen molar-refractivity contribution in [3.8, 4) is 5.75 Å². The van der Waals surface area contributed by atoms with E-state index in [9.17, 15) is 13.2 Å². The second-order valence-corrected chi connectivity index (χ2v) is 8.43. The summed E-state index contributed by atoms with van der Waals surface area (Å²) in [5, 5.41) is 2.62. The van der Waals surface area contributed by atoms with E-state index < -0.39 is 10.1 Å². The molecule has 0 saturated carbocycles. The van der Waals surface area contributed by atoms with Crippen LogP contribution in [0.4, 0.5) is 0 Å². The maximum absolute atomic E-state index is 11.7. The van der Waals surface area contributed by atoms with Crippen molar-refractivity contribution < 1.29 is 17.4 Å². The Kier molecular flexibility index (Phi) is 4.73. The molecule has 1 aromatic rings. The van der Waals surface area contributed by atoms with Crippen molar-refractivity contribution in [2.24, 2.45) is 0 Å². The summed E-state index contributed by atoms with van der Waals surface area (Å²) in [7, 11) is -3.64. The lowest BCUT2D eigenvalue weighted by Crippen LogP contribution is -2.19. The van der Waals surface area contributed by atoms with Crippen LogP contribution in [0.1, 0.15) is 5.56 Å². The van der Waals surface area contributed by atoms with Gasteiger partial charge in [0, 0.05) is 10.0 Å². The third-order valence-corrected chi connectivity index (χ3v) is 4.54. The van der Waals surface area contributed by atoms with Gasteiger partial charge in [0.15, 0.2) is 0 Å². The van der Waals surface area contributed by atoms with Gasteiger partial charge in [0.05, 0.1) is 11.2 Å². The van der Waals surface area contributed by atoms with Gasteiger partial charge in [0.25, 0.3) is 5.91 Å². The van der Waals surface area contributed by atoms with E-state index in [0.717, 1.165) is 10.7 Å². The summed E-state index contributed by atoms with van der Waals surface area (Å²) in [6.07, 6.45) is 2.54. The van der Waals surface area contributed by atoms with E-state index in [1.54, 1.807) is 18.2 Å². The second kappa shape index (κ2) is 6.00. The van der Waals surface area contributed by atoms with Gasteiger partial charge >= 0.3 is 10.1 Å². The van der Waals surface area contributed by atoms with Crippen molar-refractivity contribution in [2.45, 2.75) is 4.71 Å². The highest BCUT2D eigenvalue weighted by Crippen LogP contribution is 2.34. The number of rotatable bonds is 3. The Balaban J connectivity index is 2.42. The molecule has 5 nitrogen and oxygen atoms in total. The lowest BCUT2D eigenvalue weighted by molar-refractivity contribution is -0.116. The van der Waals surface area contributed by atoms with Gasteiger partial charge in [-0.05, 0) is 24.3 Å². The Morgan fingerprint density at radius 3 is 2.75 bits per heavy atom. The summed E-state index contributed by atoms with van der Waals surface area (Å²) in [4.78, 5) is 12.1. The first-order valence-corrected chi connectivity index (χ1v) is 9.31. The van der Waals surface area contributed by atoms with Crippen LogP contribution in [-0.2, 0) is 14.9 Å². The Morgan fingerprint density at radius 2 is 2.20 bits per heavy atom. The van der Waals surface area contributed by atoms with Gasteiger partial charge in [-0.25, -0.2) is 0 Å². The number of carbonyl (C=O) groups is 1. The molecule has 1 aromatic carbocycles. The number of hydrogen-bond donors (Lipinski definition) is 2. The van der Waals surface area contributed by atoms with Crippen LogP contribution in [0, 0.1) is 0 Å². The first kappa shape index (κ1) is 15.7. The zero-order valence-corrected chi connectivity index (χ0v) is 14.3. The number of amides is 1. The fourth-order valence-corrected chi connectivity index (χ4v) is 3.58. The van der Waals surface area contributed by atoms with Gasteiger partial charge < -0.3 is 9.50 Å². The third-order valence-electron chi connectivity index (χ3n) is 2.22. The minimum atomic E-state index is -3.64. The number of carbonyl (C=O) groups excluding carboxylic acids is 1. The van der Waals surface area contributed by atoms with Gasteiger partial charge in [-0.2, -0.15) is 8.42 Å². The van der Waals surface area contributed by atoms with Crippen molar-refractivity contribution in [1.82, 2.24) is 5.32 Å². The number of nitrogens with one attached hydrogen (secondary N) is 1. The van der Waals surface area contributed by atoms with Crippen LogP contribution in [0.5, 0.6) is 5.75 Å². The largest absolute Gasteiger partial charge is 0.382 e. The number of hydrogen-bond acceptors (Lipinski definition) is 6. The van der Waals surface area contributed by atoms with Crippen LogP contribution in [-0.4, -0.2) is 25.3 Å². The number of benzene rings is 1. The summed E-state index contributed by atoms with van der Waals surface area (Å²) in [6.45, 7) is 0. The average molecular weight is 396 g/mol. The molecule has 9 heteroatoms. The molecular formula is C11H10BrNO4S3. The molecule has 0 radical (unpaired) electrons. The molecule has 1 aliphatic rings. The van der Waals surface area contributed by atoms with Gasteiger partial charge in [-0.15, -0.1) is 12.6 Å². The quantitative estimate of drug-likeness (QED) is 0.466. The van der Waals surface area contributed by atoms with E-state index in [4.69, 9.17) is 4.18 Å². The summed E-state index contributed by atoms with van der Waals surface area (Å²) in [5.74, 6) is -0.0838. The average Bonchev–Trinajstić information content (AvgIpc) is 2.60. The maximum Gasteiger partial charge on any atom is 0.306 e. The molecule has 1 aliphatic heterocycles. The topological polar surface area (TPSA) is 72.5 Å². The summed E-state index contributed by atoms with van der Waals surface area (Å²) in [6, 6.07) is 4.85. The van der Waals surface area contributed by atoms with E-state index in [2.05, 4.69) is 33.9 Å². The summed E-state index contributed by atoms with van der Waals surface area (Å²) >= 11 is 8.69. The highest BCUT2D eigenvalue weighted by atomic mass is 79.9. The van der Waals surface area contributed by atoms with E-state index in [1.165, 1.54) is 17.8 Å². The molecule has 108 valence electrons. The molecule has 1 unspecified atom stereocenters. The predicted octanol–water partition coefficient (Wildman–Crippen LogP) is 2.20. The van der Waals surface area contributed by atoms with Crippen LogP contribution in [0.15, 0.2) is 27.6 Å². The monoisotopic (exact) mass is 395 g/mol. The molecule has 1 N–H and O–H groups in total. The highest BCUT2D eigenvalue weighted by Gasteiger charge is 2.24. The maximum atomic E-state index is 11.7. The molecule has 0 bridgehead atoms. The molecule has 0 spiro atoms. The zero-order chi connectivity index (χ0) is 14.9. The highest BCUT2D eigenvalue weighted by molar-refractivity contribution is 9.10. The van der Waals surface area contributed by atoms with Crippen LogP contribution >= 0.6 is 40.3 Å². The molecule has 1 saturated heterocycles. The number of halogens is 1. The molecule has 1 atom stereocenters. The first-order valence-electron chi connectivity index (χ1n) is 5.31. The van der Waals surface area contributed by atoms with Crippen LogP contribution in [0.2, 0.25) is 0 Å². The van der Waals surface area contributed by atoms with E-state index in [-0.39, 0.29) is 16.4 Å². The Morgan fingerprint density at radius 1 is 1.50 bits per heavy atom. The molecule has 2 rings (SSSR count). The minimum absolute atomic E-state index is 0.166. The molecule has 0 aromatic heterocycles. The van der Waals surface area contributed by atoms with Crippen LogP contribution in [0.3, 0.4) is 0 Å². The van der Waals surface area contributed by atoms with E-state index in [1.807, 2.05) is 0 Å². The first-order chi connectivity index (χ1) is 9.24. The van der Waals surface area contributed by atoms with Gasteiger partial charge in [0.2, 0.25) is 0 Å². The molecule has 1 fully saturated rings. The molecule has 20 heavy (non-hydrogen) atoms. The smallest absolute Gasteiger partial charge is 0.306 e. The van der Waals surface area contributed by atoms with Gasteiger partial charge in [-0.3, -0.25) is 4.79 Å².